The minimum Gasteiger partial charge on any atom is -0.396 e. The van der Waals surface area contributed by atoms with Crippen LogP contribution in [0.1, 0.15) is 12.0 Å². The smallest absolute Gasteiger partial charge is 0.270 e. The highest BCUT2D eigenvalue weighted by molar-refractivity contribution is 7.99. The minimum absolute atomic E-state index is 0.0722. The van der Waals surface area contributed by atoms with Crippen molar-refractivity contribution in [2.75, 3.05) is 24.7 Å². The molecule has 0 aliphatic carbocycles. The number of aliphatic hydroxyl groups excluding tert-OH is 1. The summed E-state index contributed by atoms with van der Waals surface area (Å²) >= 11 is 1.53. The second-order valence-electron chi connectivity index (χ2n) is 4.29. The molecule has 0 atom stereocenters. The topological polar surface area (TPSA) is 110 Å². The average molecular weight is 334 g/mol. The monoisotopic (exact) mass is 334 g/mol. The number of nitro benzene ring substituents is 1. The third-order valence-electron chi connectivity index (χ3n) is 2.66. The van der Waals surface area contributed by atoms with Crippen molar-refractivity contribution in [2.45, 2.75) is 18.2 Å². The highest BCUT2D eigenvalue weighted by Gasteiger charge is 2.19. The maximum Gasteiger partial charge on any atom is 0.270 e. The molecular weight excluding hydrogens is 316 g/mol. The zero-order valence-electron chi connectivity index (χ0n) is 11.6. The summed E-state index contributed by atoms with van der Waals surface area (Å²) in [5.41, 5.74) is 0.208. The molecule has 0 saturated carbocycles. The van der Waals surface area contributed by atoms with E-state index in [-0.39, 0.29) is 23.7 Å². The number of hydrogen-bond donors (Lipinski definition) is 2. The van der Waals surface area contributed by atoms with Gasteiger partial charge >= 0.3 is 0 Å². The summed E-state index contributed by atoms with van der Waals surface area (Å²) in [6.07, 6.45) is 0.668. The van der Waals surface area contributed by atoms with E-state index in [2.05, 4.69) is 4.72 Å². The van der Waals surface area contributed by atoms with Crippen molar-refractivity contribution in [1.82, 2.24) is 4.72 Å². The summed E-state index contributed by atoms with van der Waals surface area (Å²) < 4.78 is 26.7. The Balaban J connectivity index is 2.70. The van der Waals surface area contributed by atoms with Gasteiger partial charge in [-0.15, -0.1) is 0 Å². The highest BCUT2D eigenvalue weighted by atomic mass is 32.2. The lowest BCUT2D eigenvalue weighted by Gasteiger charge is -2.09. The summed E-state index contributed by atoms with van der Waals surface area (Å²) in [7, 11) is -3.76. The highest BCUT2D eigenvalue weighted by Crippen LogP contribution is 2.21. The summed E-state index contributed by atoms with van der Waals surface area (Å²) in [6, 6.07) is 3.76. The van der Waals surface area contributed by atoms with Gasteiger partial charge in [0.25, 0.3) is 5.69 Å². The van der Waals surface area contributed by atoms with E-state index in [9.17, 15) is 18.5 Å². The fraction of sp³-hybridized carbons (Fsp3) is 0.500. The molecule has 21 heavy (non-hydrogen) atoms. The standard InChI is InChI=1S/C12H18N2O5S2/c1-10-3-4-11(14(16)17)9-12(10)21(18,19)13-5-8-20-7-2-6-15/h3-4,9,13,15H,2,5-8H2,1H3. The zero-order chi connectivity index (χ0) is 15.9. The second-order valence-corrected chi connectivity index (χ2v) is 7.25. The number of nitro groups is 1. The van der Waals surface area contributed by atoms with Crippen molar-refractivity contribution in [1.29, 1.82) is 0 Å². The van der Waals surface area contributed by atoms with E-state index in [1.165, 1.54) is 23.9 Å². The number of sulfonamides is 1. The third-order valence-corrected chi connectivity index (χ3v) is 5.33. The zero-order valence-corrected chi connectivity index (χ0v) is 13.2. The van der Waals surface area contributed by atoms with E-state index in [0.717, 1.165) is 11.8 Å². The first-order chi connectivity index (χ1) is 9.88. The quantitative estimate of drug-likeness (QED) is 0.400. The van der Waals surface area contributed by atoms with Gasteiger partial charge in [-0.1, -0.05) is 6.07 Å². The number of hydrogen-bond acceptors (Lipinski definition) is 6. The van der Waals surface area contributed by atoms with Crippen molar-refractivity contribution >= 4 is 27.5 Å². The summed E-state index contributed by atoms with van der Waals surface area (Å²) in [5.74, 6) is 1.33. The van der Waals surface area contributed by atoms with Gasteiger partial charge in [0.2, 0.25) is 10.0 Å². The van der Waals surface area contributed by atoms with Gasteiger partial charge in [-0.25, -0.2) is 13.1 Å². The van der Waals surface area contributed by atoms with Crippen LogP contribution in [-0.2, 0) is 10.0 Å². The Morgan fingerprint density at radius 3 is 2.71 bits per heavy atom. The Bertz CT molecular complexity index is 589. The van der Waals surface area contributed by atoms with Crippen LogP contribution in [0, 0.1) is 17.0 Å². The van der Waals surface area contributed by atoms with Crippen LogP contribution in [0.5, 0.6) is 0 Å². The van der Waals surface area contributed by atoms with Crippen LogP contribution in [0.25, 0.3) is 0 Å². The van der Waals surface area contributed by atoms with Crippen molar-refractivity contribution in [3.63, 3.8) is 0 Å². The van der Waals surface area contributed by atoms with Gasteiger partial charge in [-0.05, 0) is 24.7 Å². The lowest BCUT2D eigenvalue weighted by Crippen LogP contribution is -2.26. The lowest BCUT2D eigenvalue weighted by atomic mass is 10.2. The predicted octanol–water partition coefficient (Wildman–Crippen LogP) is 1.30. The van der Waals surface area contributed by atoms with Crippen LogP contribution in [0.2, 0.25) is 0 Å². The largest absolute Gasteiger partial charge is 0.396 e. The molecule has 0 aliphatic heterocycles. The molecule has 0 radical (unpaired) electrons. The van der Waals surface area contributed by atoms with E-state index in [1.807, 2.05) is 0 Å². The maximum atomic E-state index is 12.1. The normalized spacial score (nSPS) is 11.5. The molecular formula is C12H18N2O5S2. The molecule has 9 heteroatoms. The van der Waals surface area contributed by atoms with Crippen LogP contribution < -0.4 is 4.72 Å². The first kappa shape index (κ1) is 17.9. The molecule has 0 amide bonds. The summed E-state index contributed by atoms with van der Waals surface area (Å²) in [4.78, 5) is 10.0. The van der Waals surface area contributed by atoms with E-state index in [4.69, 9.17) is 5.11 Å². The Kier molecular flexibility index (Phi) is 7.09. The van der Waals surface area contributed by atoms with Gasteiger partial charge in [0.15, 0.2) is 0 Å². The molecule has 0 spiro atoms. The molecule has 0 fully saturated rings. The molecule has 7 nitrogen and oxygen atoms in total. The molecule has 0 aliphatic rings. The summed E-state index contributed by atoms with van der Waals surface area (Å²) in [5, 5.41) is 19.3. The van der Waals surface area contributed by atoms with Crippen molar-refractivity contribution in [2.24, 2.45) is 0 Å². The van der Waals surface area contributed by atoms with Gasteiger partial charge in [-0.2, -0.15) is 11.8 Å². The molecule has 0 bridgehead atoms. The van der Waals surface area contributed by atoms with Gasteiger partial charge < -0.3 is 5.11 Å². The number of rotatable bonds is 9. The number of non-ortho nitro benzene ring substituents is 1. The predicted molar refractivity (Wildman–Crippen MR) is 82.0 cm³/mol. The number of aryl methyl sites for hydroxylation is 1. The Labute approximate surface area is 128 Å². The Morgan fingerprint density at radius 1 is 1.38 bits per heavy atom. The average Bonchev–Trinajstić information content (AvgIpc) is 2.42. The van der Waals surface area contributed by atoms with Crippen LogP contribution in [-0.4, -0.2) is 43.1 Å². The number of thioether (sulfide) groups is 1. The second kappa shape index (κ2) is 8.32. The minimum atomic E-state index is -3.76. The number of aliphatic hydroxyl groups is 1. The first-order valence-electron chi connectivity index (χ1n) is 6.32. The van der Waals surface area contributed by atoms with Gasteiger partial charge in [0, 0.05) is 31.0 Å². The van der Waals surface area contributed by atoms with Crippen molar-refractivity contribution in [3.8, 4) is 0 Å². The van der Waals surface area contributed by atoms with Crippen LogP contribution in [0.4, 0.5) is 5.69 Å². The van der Waals surface area contributed by atoms with Crippen molar-refractivity contribution in [3.05, 3.63) is 33.9 Å². The number of benzene rings is 1. The molecule has 0 unspecified atom stereocenters. The Morgan fingerprint density at radius 2 is 2.10 bits per heavy atom. The van der Waals surface area contributed by atoms with E-state index in [1.54, 1.807) is 6.92 Å². The third kappa shape index (κ3) is 5.62. The van der Waals surface area contributed by atoms with Crippen LogP contribution >= 0.6 is 11.8 Å². The van der Waals surface area contributed by atoms with Gasteiger partial charge in [0.05, 0.1) is 9.82 Å². The van der Waals surface area contributed by atoms with E-state index in [0.29, 0.717) is 17.7 Å². The fourth-order valence-electron chi connectivity index (χ4n) is 1.59. The molecule has 1 aromatic rings. The van der Waals surface area contributed by atoms with Crippen LogP contribution in [0.3, 0.4) is 0 Å². The molecule has 1 rings (SSSR count). The number of nitrogens with zero attached hydrogens (tertiary/aromatic N) is 1. The fourth-order valence-corrected chi connectivity index (χ4v) is 3.79. The van der Waals surface area contributed by atoms with Crippen molar-refractivity contribution < 1.29 is 18.4 Å². The molecule has 0 heterocycles. The van der Waals surface area contributed by atoms with E-state index >= 15 is 0 Å². The van der Waals surface area contributed by atoms with Gasteiger partial charge in [-0.3, -0.25) is 10.1 Å². The molecule has 0 saturated heterocycles. The number of nitrogens with one attached hydrogen (secondary N) is 1. The first-order valence-corrected chi connectivity index (χ1v) is 8.95. The molecule has 0 aromatic heterocycles. The summed E-state index contributed by atoms with van der Waals surface area (Å²) in [6.45, 7) is 1.94. The maximum absolute atomic E-state index is 12.1. The van der Waals surface area contributed by atoms with E-state index < -0.39 is 14.9 Å². The van der Waals surface area contributed by atoms with Crippen LogP contribution in [0.15, 0.2) is 23.1 Å². The molecule has 118 valence electrons. The molecule has 1 aromatic carbocycles. The Hall–Kier alpha value is -1.16. The SMILES string of the molecule is Cc1ccc([N+](=O)[O-])cc1S(=O)(=O)NCCSCCCO. The van der Waals surface area contributed by atoms with Gasteiger partial charge in [0.1, 0.15) is 0 Å². The molecule has 2 N–H and O–H groups in total. The lowest BCUT2D eigenvalue weighted by molar-refractivity contribution is -0.385.